The van der Waals surface area contributed by atoms with Crippen LogP contribution >= 0.6 is 11.6 Å². The second kappa shape index (κ2) is 6.32. The number of carboxylic acids is 1. The molecule has 1 aromatic heterocycles. The van der Waals surface area contributed by atoms with Crippen molar-refractivity contribution in [3.05, 3.63) is 52.9 Å². The normalized spacial score (nSPS) is 10.2. The Morgan fingerprint density at radius 3 is 2.76 bits per heavy atom. The predicted octanol–water partition coefficient (Wildman–Crippen LogP) is 3.30. The molecular formula is C14H13ClN2O4. The SMILES string of the molecule is CN(Cc1ccoc1)C(=O)Nc1cc(Cl)cc(C(=O)O)c1. The Morgan fingerprint density at radius 1 is 1.38 bits per heavy atom. The predicted molar refractivity (Wildman–Crippen MR) is 77.6 cm³/mol. The number of carboxylic acid groups (broad SMARTS) is 1. The first-order valence-electron chi connectivity index (χ1n) is 6.03. The standard InChI is InChI=1S/C14H13ClN2O4/c1-17(7-9-2-3-21-8-9)14(20)16-12-5-10(13(18)19)4-11(15)6-12/h2-6,8H,7H2,1H3,(H,16,20)(H,18,19). The number of carbonyl (C=O) groups is 2. The zero-order chi connectivity index (χ0) is 15.4. The van der Waals surface area contributed by atoms with Crippen LogP contribution < -0.4 is 5.32 Å². The molecule has 0 saturated heterocycles. The number of hydrogen-bond acceptors (Lipinski definition) is 3. The molecule has 0 atom stereocenters. The quantitative estimate of drug-likeness (QED) is 0.908. The van der Waals surface area contributed by atoms with Crippen molar-refractivity contribution in [1.29, 1.82) is 0 Å². The molecular weight excluding hydrogens is 296 g/mol. The van der Waals surface area contributed by atoms with Crippen molar-refractivity contribution in [2.24, 2.45) is 0 Å². The van der Waals surface area contributed by atoms with Gasteiger partial charge in [-0.2, -0.15) is 0 Å². The van der Waals surface area contributed by atoms with Gasteiger partial charge in [0.2, 0.25) is 0 Å². The topological polar surface area (TPSA) is 82.8 Å². The molecule has 0 spiro atoms. The van der Waals surface area contributed by atoms with E-state index in [-0.39, 0.29) is 16.6 Å². The van der Waals surface area contributed by atoms with E-state index in [0.717, 1.165) is 5.56 Å². The minimum absolute atomic E-state index is 0.00953. The Morgan fingerprint density at radius 2 is 2.14 bits per heavy atom. The van der Waals surface area contributed by atoms with Gasteiger partial charge >= 0.3 is 12.0 Å². The molecule has 0 fully saturated rings. The first kappa shape index (κ1) is 14.9. The van der Waals surface area contributed by atoms with E-state index in [1.807, 2.05) is 0 Å². The molecule has 0 aliphatic heterocycles. The molecule has 1 heterocycles. The number of carbonyl (C=O) groups excluding carboxylic acids is 1. The molecule has 7 heteroatoms. The van der Waals surface area contributed by atoms with Crippen LogP contribution in [0.15, 0.2) is 41.2 Å². The lowest BCUT2D eigenvalue weighted by atomic mass is 10.2. The fourth-order valence-corrected chi connectivity index (χ4v) is 1.97. The molecule has 0 bridgehead atoms. The number of hydrogen-bond donors (Lipinski definition) is 2. The van der Waals surface area contributed by atoms with Crippen molar-refractivity contribution in [1.82, 2.24) is 4.90 Å². The van der Waals surface area contributed by atoms with Crippen molar-refractivity contribution in [3.63, 3.8) is 0 Å². The summed E-state index contributed by atoms with van der Waals surface area (Å²) < 4.78 is 4.93. The molecule has 0 unspecified atom stereocenters. The Hall–Kier alpha value is -2.47. The van der Waals surface area contributed by atoms with Crippen LogP contribution in [-0.2, 0) is 6.54 Å². The van der Waals surface area contributed by atoms with Gasteiger partial charge in [0.25, 0.3) is 0 Å². The van der Waals surface area contributed by atoms with Gasteiger partial charge in [0.05, 0.1) is 24.6 Å². The molecule has 2 rings (SSSR count). The first-order chi connectivity index (χ1) is 9.95. The second-order valence-electron chi connectivity index (χ2n) is 4.45. The molecule has 0 saturated carbocycles. The highest BCUT2D eigenvalue weighted by molar-refractivity contribution is 6.31. The van der Waals surface area contributed by atoms with Gasteiger partial charge in [-0.05, 0) is 24.3 Å². The van der Waals surface area contributed by atoms with Crippen molar-refractivity contribution in [3.8, 4) is 0 Å². The molecule has 0 aliphatic carbocycles. The maximum Gasteiger partial charge on any atom is 0.335 e. The molecule has 110 valence electrons. The summed E-state index contributed by atoms with van der Waals surface area (Å²) in [6.45, 7) is 0.370. The van der Waals surface area contributed by atoms with Crippen molar-refractivity contribution >= 4 is 29.3 Å². The third kappa shape index (κ3) is 4.00. The summed E-state index contributed by atoms with van der Waals surface area (Å²) in [7, 11) is 1.62. The fraction of sp³-hybridized carbons (Fsp3) is 0.143. The molecule has 0 aliphatic rings. The highest BCUT2D eigenvalue weighted by Gasteiger charge is 2.12. The summed E-state index contributed by atoms with van der Waals surface area (Å²) in [6, 6.07) is 5.52. The lowest BCUT2D eigenvalue weighted by Gasteiger charge is -2.17. The first-order valence-corrected chi connectivity index (χ1v) is 6.40. The minimum Gasteiger partial charge on any atom is -0.478 e. The van der Waals surface area contributed by atoms with Gasteiger partial charge in [-0.3, -0.25) is 0 Å². The second-order valence-corrected chi connectivity index (χ2v) is 4.89. The summed E-state index contributed by atoms with van der Waals surface area (Å²) in [4.78, 5) is 24.4. The van der Waals surface area contributed by atoms with Crippen molar-refractivity contribution in [2.45, 2.75) is 6.54 Å². The van der Waals surface area contributed by atoms with Gasteiger partial charge in [0, 0.05) is 23.3 Å². The number of urea groups is 1. The van der Waals surface area contributed by atoms with Crippen LogP contribution in [0.1, 0.15) is 15.9 Å². The molecule has 6 nitrogen and oxygen atoms in total. The van der Waals surface area contributed by atoms with Crippen LogP contribution in [0.3, 0.4) is 0 Å². The summed E-state index contributed by atoms with van der Waals surface area (Å²) in [5.74, 6) is -1.11. The smallest absolute Gasteiger partial charge is 0.335 e. The largest absolute Gasteiger partial charge is 0.478 e. The Kier molecular flexibility index (Phi) is 4.49. The number of furan rings is 1. The maximum absolute atomic E-state index is 12.0. The lowest BCUT2D eigenvalue weighted by molar-refractivity contribution is 0.0697. The summed E-state index contributed by atoms with van der Waals surface area (Å²) in [5, 5.41) is 11.8. The maximum atomic E-state index is 12.0. The fourth-order valence-electron chi connectivity index (χ4n) is 1.73. The molecule has 0 radical (unpaired) electrons. The number of aromatic carboxylic acids is 1. The lowest BCUT2D eigenvalue weighted by Crippen LogP contribution is -2.30. The highest BCUT2D eigenvalue weighted by atomic mass is 35.5. The van der Waals surface area contributed by atoms with Gasteiger partial charge < -0.3 is 19.7 Å². The Labute approximate surface area is 125 Å². The van der Waals surface area contributed by atoms with Gasteiger partial charge in [-0.1, -0.05) is 11.6 Å². The van der Waals surface area contributed by atoms with E-state index in [9.17, 15) is 9.59 Å². The minimum atomic E-state index is -1.11. The zero-order valence-corrected chi connectivity index (χ0v) is 11.9. The van der Waals surface area contributed by atoms with Crippen LogP contribution in [0.4, 0.5) is 10.5 Å². The van der Waals surface area contributed by atoms with E-state index in [1.165, 1.54) is 29.4 Å². The monoisotopic (exact) mass is 308 g/mol. The van der Waals surface area contributed by atoms with Crippen LogP contribution in [-0.4, -0.2) is 29.1 Å². The average molecular weight is 309 g/mol. The van der Waals surface area contributed by atoms with Crippen molar-refractivity contribution < 1.29 is 19.1 Å². The van der Waals surface area contributed by atoms with E-state index in [1.54, 1.807) is 19.4 Å². The van der Waals surface area contributed by atoms with Crippen LogP contribution in [0.25, 0.3) is 0 Å². The molecule has 1 aromatic carbocycles. The average Bonchev–Trinajstić information content (AvgIpc) is 2.90. The van der Waals surface area contributed by atoms with Crippen LogP contribution in [0.5, 0.6) is 0 Å². The number of benzene rings is 1. The molecule has 2 N–H and O–H groups in total. The summed E-state index contributed by atoms with van der Waals surface area (Å²) >= 11 is 5.83. The Balaban J connectivity index is 2.06. The molecule has 2 amide bonds. The zero-order valence-electron chi connectivity index (χ0n) is 11.2. The van der Waals surface area contributed by atoms with Crippen LogP contribution in [0.2, 0.25) is 5.02 Å². The van der Waals surface area contributed by atoms with Crippen LogP contribution in [0, 0.1) is 0 Å². The van der Waals surface area contributed by atoms with Gasteiger partial charge in [-0.25, -0.2) is 9.59 Å². The highest BCUT2D eigenvalue weighted by Crippen LogP contribution is 2.19. The van der Waals surface area contributed by atoms with Gasteiger partial charge in [0.15, 0.2) is 0 Å². The van der Waals surface area contributed by atoms with E-state index in [4.69, 9.17) is 21.1 Å². The molecule has 2 aromatic rings. The number of rotatable bonds is 4. The van der Waals surface area contributed by atoms with Crippen molar-refractivity contribution in [2.75, 3.05) is 12.4 Å². The molecule has 21 heavy (non-hydrogen) atoms. The van der Waals surface area contributed by atoms with Gasteiger partial charge in [0.1, 0.15) is 0 Å². The third-order valence-electron chi connectivity index (χ3n) is 2.74. The number of nitrogens with one attached hydrogen (secondary N) is 1. The number of anilines is 1. The number of amides is 2. The number of halogens is 1. The van der Waals surface area contributed by atoms with E-state index in [0.29, 0.717) is 12.2 Å². The number of nitrogens with zero attached hydrogens (tertiary/aromatic N) is 1. The van der Waals surface area contributed by atoms with E-state index >= 15 is 0 Å². The van der Waals surface area contributed by atoms with Gasteiger partial charge in [-0.15, -0.1) is 0 Å². The third-order valence-corrected chi connectivity index (χ3v) is 2.96. The van der Waals surface area contributed by atoms with E-state index in [2.05, 4.69) is 5.32 Å². The van der Waals surface area contributed by atoms with E-state index < -0.39 is 5.97 Å². The summed E-state index contributed by atoms with van der Waals surface area (Å²) in [5.41, 5.74) is 1.18. The Bertz CT molecular complexity index is 655. The summed E-state index contributed by atoms with van der Waals surface area (Å²) in [6.07, 6.45) is 3.07.